The average molecular weight is 158 g/mol. The van der Waals surface area contributed by atoms with Crippen molar-refractivity contribution in [2.24, 2.45) is 0 Å². The lowest BCUT2D eigenvalue weighted by Crippen LogP contribution is -1.98. The third-order valence-electron chi connectivity index (χ3n) is 2.41. The first kappa shape index (κ1) is 7.60. The van der Waals surface area contributed by atoms with E-state index in [0.717, 1.165) is 0 Å². The van der Waals surface area contributed by atoms with Gasteiger partial charge in [-0.25, -0.2) is 0 Å². The SMILES string of the molecule is Cc1cccc(CC2=CCC2)c1. The van der Waals surface area contributed by atoms with Crippen molar-refractivity contribution in [3.8, 4) is 0 Å². The second-order valence-corrected chi connectivity index (χ2v) is 3.57. The van der Waals surface area contributed by atoms with E-state index in [2.05, 4.69) is 37.3 Å². The molecule has 0 bridgehead atoms. The summed E-state index contributed by atoms with van der Waals surface area (Å²) in [7, 11) is 0. The number of hydrogen-bond acceptors (Lipinski definition) is 0. The van der Waals surface area contributed by atoms with Gasteiger partial charge >= 0.3 is 0 Å². The third-order valence-corrected chi connectivity index (χ3v) is 2.41. The number of benzene rings is 1. The molecule has 0 heteroatoms. The van der Waals surface area contributed by atoms with E-state index in [-0.39, 0.29) is 0 Å². The van der Waals surface area contributed by atoms with Crippen LogP contribution in [-0.4, -0.2) is 0 Å². The Kier molecular flexibility index (Phi) is 1.99. The van der Waals surface area contributed by atoms with Crippen molar-refractivity contribution in [2.45, 2.75) is 26.2 Å². The minimum absolute atomic E-state index is 1.17. The molecule has 2 rings (SSSR count). The van der Waals surface area contributed by atoms with Gasteiger partial charge in [-0.3, -0.25) is 0 Å². The molecule has 12 heavy (non-hydrogen) atoms. The Bertz CT molecular complexity index is 308. The first-order valence-electron chi connectivity index (χ1n) is 4.58. The van der Waals surface area contributed by atoms with Crippen molar-refractivity contribution in [3.63, 3.8) is 0 Å². The summed E-state index contributed by atoms with van der Waals surface area (Å²) in [5.41, 5.74) is 4.44. The smallest absolute Gasteiger partial charge is 0.00669 e. The molecule has 0 fully saturated rings. The standard InChI is InChI=1S/C12H14/c1-10-4-2-7-12(8-10)9-11-5-3-6-11/h2,4-5,7-8H,3,6,9H2,1H3. The summed E-state index contributed by atoms with van der Waals surface area (Å²) < 4.78 is 0. The summed E-state index contributed by atoms with van der Waals surface area (Å²) in [5.74, 6) is 0. The van der Waals surface area contributed by atoms with Gasteiger partial charge in [0.1, 0.15) is 0 Å². The number of rotatable bonds is 2. The van der Waals surface area contributed by atoms with Gasteiger partial charge in [-0.05, 0) is 31.7 Å². The maximum atomic E-state index is 2.35. The van der Waals surface area contributed by atoms with Crippen LogP contribution in [0.3, 0.4) is 0 Å². The fourth-order valence-corrected chi connectivity index (χ4v) is 1.59. The van der Waals surface area contributed by atoms with E-state index < -0.39 is 0 Å². The first-order valence-corrected chi connectivity index (χ1v) is 4.58. The molecular weight excluding hydrogens is 144 g/mol. The van der Waals surface area contributed by atoms with Crippen LogP contribution < -0.4 is 0 Å². The van der Waals surface area contributed by atoms with Gasteiger partial charge in [0, 0.05) is 0 Å². The zero-order valence-corrected chi connectivity index (χ0v) is 7.51. The highest BCUT2D eigenvalue weighted by molar-refractivity contribution is 5.28. The maximum absolute atomic E-state index is 2.35. The molecule has 0 N–H and O–H groups in total. The van der Waals surface area contributed by atoms with Crippen LogP contribution in [0.1, 0.15) is 24.0 Å². The molecule has 0 spiro atoms. The van der Waals surface area contributed by atoms with E-state index in [9.17, 15) is 0 Å². The molecule has 0 aromatic heterocycles. The summed E-state index contributed by atoms with van der Waals surface area (Å²) in [5, 5.41) is 0. The second kappa shape index (κ2) is 3.14. The fraction of sp³-hybridized carbons (Fsp3) is 0.333. The van der Waals surface area contributed by atoms with Gasteiger partial charge in [0.15, 0.2) is 0 Å². The Balaban J connectivity index is 2.12. The van der Waals surface area contributed by atoms with Crippen LogP contribution >= 0.6 is 0 Å². The van der Waals surface area contributed by atoms with Gasteiger partial charge in [-0.2, -0.15) is 0 Å². The van der Waals surface area contributed by atoms with Gasteiger partial charge in [0.05, 0.1) is 0 Å². The Morgan fingerprint density at radius 3 is 2.75 bits per heavy atom. The van der Waals surface area contributed by atoms with Crippen LogP contribution in [0.4, 0.5) is 0 Å². The molecule has 0 aliphatic heterocycles. The van der Waals surface area contributed by atoms with Gasteiger partial charge in [0.2, 0.25) is 0 Å². The van der Waals surface area contributed by atoms with Crippen LogP contribution in [0.15, 0.2) is 35.9 Å². The van der Waals surface area contributed by atoms with Gasteiger partial charge in [-0.15, -0.1) is 0 Å². The van der Waals surface area contributed by atoms with Gasteiger partial charge < -0.3 is 0 Å². The predicted molar refractivity (Wildman–Crippen MR) is 52.2 cm³/mol. The molecule has 0 nitrogen and oxygen atoms in total. The van der Waals surface area contributed by atoms with Crippen molar-refractivity contribution >= 4 is 0 Å². The summed E-state index contributed by atoms with van der Waals surface area (Å²) in [6, 6.07) is 8.79. The summed E-state index contributed by atoms with van der Waals surface area (Å²) in [6.07, 6.45) is 6.12. The van der Waals surface area contributed by atoms with Crippen LogP contribution in [0.5, 0.6) is 0 Å². The molecule has 0 saturated heterocycles. The highest BCUT2D eigenvalue weighted by Gasteiger charge is 2.05. The van der Waals surface area contributed by atoms with Crippen LogP contribution in [-0.2, 0) is 6.42 Å². The molecule has 0 atom stereocenters. The molecule has 0 unspecified atom stereocenters. The fourth-order valence-electron chi connectivity index (χ4n) is 1.59. The van der Waals surface area contributed by atoms with Gasteiger partial charge in [0.25, 0.3) is 0 Å². The van der Waals surface area contributed by atoms with E-state index in [1.54, 1.807) is 5.57 Å². The van der Waals surface area contributed by atoms with Crippen molar-refractivity contribution in [2.75, 3.05) is 0 Å². The normalized spacial score (nSPS) is 15.2. The van der Waals surface area contributed by atoms with E-state index in [4.69, 9.17) is 0 Å². The highest BCUT2D eigenvalue weighted by Crippen LogP contribution is 2.22. The molecular formula is C12H14. The number of hydrogen-bond donors (Lipinski definition) is 0. The Morgan fingerprint density at radius 2 is 2.17 bits per heavy atom. The Morgan fingerprint density at radius 1 is 1.33 bits per heavy atom. The van der Waals surface area contributed by atoms with Crippen LogP contribution in [0.2, 0.25) is 0 Å². The summed E-state index contributed by atoms with van der Waals surface area (Å²) >= 11 is 0. The lowest BCUT2D eigenvalue weighted by atomic mass is 9.92. The summed E-state index contributed by atoms with van der Waals surface area (Å²) in [6.45, 7) is 2.15. The first-order chi connectivity index (χ1) is 5.84. The average Bonchev–Trinajstić information content (AvgIpc) is 1.97. The van der Waals surface area contributed by atoms with Crippen molar-refractivity contribution in [1.29, 1.82) is 0 Å². The molecule has 0 heterocycles. The Labute approximate surface area is 73.9 Å². The molecule has 1 aliphatic rings. The zero-order chi connectivity index (χ0) is 8.39. The van der Waals surface area contributed by atoms with Crippen molar-refractivity contribution in [1.82, 2.24) is 0 Å². The number of allylic oxidation sites excluding steroid dienone is 2. The molecule has 0 saturated carbocycles. The molecule has 0 radical (unpaired) electrons. The lowest BCUT2D eigenvalue weighted by Gasteiger charge is -2.14. The minimum atomic E-state index is 1.17. The van der Waals surface area contributed by atoms with E-state index in [0.29, 0.717) is 0 Å². The van der Waals surface area contributed by atoms with Gasteiger partial charge in [-0.1, -0.05) is 41.5 Å². The van der Waals surface area contributed by atoms with E-state index in [1.807, 2.05) is 0 Å². The topological polar surface area (TPSA) is 0 Å². The van der Waals surface area contributed by atoms with E-state index in [1.165, 1.54) is 30.4 Å². The predicted octanol–water partition coefficient (Wildman–Crippen LogP) is 3.26. The molecule has 62 valence electrons. The Hall–Kier alpha value is -1.04. The maximum Gasteiger partial charge on any atom is -0.00669 e. The van der Waals surface area contributed by atoms with E-state index >= 15 is 0 Å². The molecule has 1 aromatic rings. The van der Waals surface area contributed by atoms with Crippen LogP contribution in [0, 0.1) is 6.92 Å². The zero-order valence-electron chi connectivity index (χ0n) is 7.51. The third kappa shape index (κ3) is 1.58. The van der Waals surface area contributed by atoms with Crippen molar-refractivity contribution < 1.29 is 0 Å². The second-order valence-electron chi connectivity index (χ2n) is 3.57. The quantitative estimate of drug-likeness (QED) is 0.579. The molecule has 1 aliphatic carbocycles. The lowest BCUT2D eigenvalue weighted by molar-refractivity contribution is 0.829. The monoisotopic (exact) mass is 158 g/mol. The largest absolute Gasteiger partial charge is 0.0847 e. The minimum Gasteiger partial charge on any atom is -0.0847 e. The van der Waals surface area contributed by atoms with Crippen molar-refractivity contribution in [3.05, 3.63) is 47.0 Å². The number of aryl methyl sites for hydroxylation is 1. The molecule has 0 amide bonds. The highest BCUT2D eigenvalue weighted by atomic mass is 14.1. The summed E-state index contributed by atoms with van der Waals surface area (Å²) in [4.78, 5) is 0. The molecule has 1 aromatic carbocycles. The van der Waals surface area contributed by atoms with Crippen LogP contribution in [0.25, 0.3) is 0 Å².